The van der Waals surface area contributed by atoms with Crippen molar-refractivity contribution in [2.45, 2.75) is 32.7 Å². The number of likely N-dealkylation sites (tertiary alicyclic amines) is 1. The molecule has 1 aromatic heterocycles. The summed E-state index contributed by atoms with van der Waals surface area (Å²) in [4.78, 5) is 30.6. The van der Waals surface area contributed by atoms with E-state index in [2.05, 4.69) is 10.3 Å². The minimum absolute atomic E-state index is 0.0120. The normalized spacial score (nSPS) is 17.8. The molecule has 6 heteroatoms. The number of fused-ring (bicyclic) bond motifs is 1. The Morgan fingerprint density at radius 3 is 2.88 bits per heavy atom. The first-order valence-electron chi connectivity index (χ1n) is 8.07. The molecule has 0 bridgehead atoms. The van der Waals surface area contributed by atoms with E-state index in [0.717, 1.165) is 29.4 Å². The van der Waals surface area contributed by atoms with E-state index in [1.807, 2.05) is 19.1 Å². The van der Waals surface area contributed by atoms with Crippen molar-refractivity contribution in [3.8, 4) is 0 Å². The highest BCUT2D eigenvalue weighted by Gasteiger charge is 2.26. The number of aromatic nitrogens is 1. The first-order valence-corrected chi connectivity index (χ1v) is 8.45. The van der Waals surface area contributed by atoms with E-state index in [-0.39, 0.29) is 17.9 Å². The zero-order valence-electron chi connectivity index (χ0n) is 13.8. The van der Waals surface area contributed by atoms with Gasteiger partial charge in [0.2, 0.25) is 5.91 Å². The number of hydrogen-bond acceptors (Lipinski definition) is 3. The molecular formula is C18H20ClN3O2. The van der Waals surface area contributed by atoms with Crippen molar-refractivity contribution >= 4 is 34.3 Å². The number of nitrogens with one attached hydrogen (secondary N) is 1. The summed E-state index contributed by atoms with van der Waals surface area (Å²) in [5.41, 5.74) is 2.17. The smallest absolute Gasteiger partial charge is 0.254 e. The molecule has 1 atom stereocenters. The quantitative estimate of drug-likeness (QED) is 0.910. The van der Waals surface area contributed by atoms with Gasteiger partial charge in [-0.15, -0.1) is 0 Å². The molecule has 24 heavy (non-hydrogen) atoms. The SMILES string of the molecule is CC(=O)N[C@H]1CCCN(C(=O)c2cc(C)nc3ccc(Cl)cc23)C1. The average Bonchev–Trinajstić information content (AvgIpc) is 2.53. The fraction of sp³-hybridized carbons (Fsp3) is 0.389. The molecule has 2 heterocycles. The van der Waals surface area contributed by atoms with Crippen LogP contribution < -0.4 is 5.32 Å². The number of carbonyl (C=O) groups excluding carboxylic acids is 2. The first kappa shape index (κ1) is 16.7. The van der Waals surface area contributed by atoms with Crippen molar-refractivity contribution in [1.29, 1.82) is 0 Å². The van der Waals surface area contributed by atoms with Gasteiger partial charge >= 0.3 is 0 Å². The second-order valence-corrected chi connectivity index (χ2v) is 6.70. The molecule has 2 amide bonds. The number of aryl methyl sites for hydroxylation is 1. The van der Waals surface area contributed by atoms with Crippen molar-refractivity contribution < 1.29 is 9.59 Å². The molecule has 126 valence electrons. The van der Waals surface area contributed by atoms with Gasteiger partial charge in [0, 0.05) is 42.2 Å². The molecule has 3 rings (SSSR count). The first-order chi connectivity index (χ1) is 11.4. The monoisotopic (exact) mass is 345 g/mol. The number of halogens is 1. The van der Waals surface area contributed by atoms with E-state index < -0.39 is 0 Å². The Balaban J connectivity index is 1.93. The van der Waals surface area contributed by atoms with E-state index >= 15 is 0 Å². The fourth-order valence-corrected chi connectivity index (χ4v) is 3.42. The maximum absolute atomic E-state index is 13.1. The Kier molecular flexibility index (Phi) is 4.71. The van der Waals surface area contributed by atoms with Gasteiger partial charge in [-0.2, -0.15) is 0 Å². The maximum Gasteiger partial charge on any atom is 0.254 e. The predicted octanol–water partition coefficient (Wildman–Crippen LogP) is 2.94. The van der Waals surface area contributed by atoms with E-state index in [1.54, 1.807) is 17.0 Å². The summed E-state index contributed by atoms with van der Waals surface area (Å²) in [7, 11) is 0. The van der Waals surface area contributed by atoms with Crippen LogP contribution in [0.4, 0.5) is 0 Å². The van der Waals surface area contributed by atoms with Crippen LogP contribution in [-0.2, 0) is 4.79 Å². The highest BCUT2D eigenvalue weighted by molar-refractivity contribution is 6.31. The Bertz CT molecular complexity index is 806. The van der Waals surface area contributed by atoms with Crippen LogP contribution in [0.3, 0.4) is 0 Å². The number of hydrogen-bond donors (Lipinski definition) is 1. The minimum Gasteiger partial charge on any atom is -0.352 e. The van der Waals surface area contributed by atoms with Crippen molar-refractivity contribution in [3.05, 3.63) is 40.5 Å². The summed E-state index contributed by atoms with van der Waals surface area (Å²) >= 11 is 6.10. The molecule has 0 saturated carbocycles. The van der Waals surface area contributed by atoms with Gasteiger partial charge in [0.15, 0.2) is 0 Å². The topological polar surface area (TPSA) is 62.3 Å². The Labute approximate surface area is 146 Å². The Morgan fingerprint density at radius 1 is 1.33 bits per heavy atom. The maximum atomic E-state index is 13.1. The van der Waals surface area contributed by atoms with Crippen molar-refractivity contribution in [2.24, 2.45) is 0 Å². The van der Waals surface area contributed by atoms with E-state index in [4.69, 9.17) is 11.6 Å². The summed E-state index contributed by atoms with van der Waals surface area (Å²) in [5, 5.41) is 4.25. The summed E-state index contributed by atoms with van der Waals surface area (Å²) in [6.07, 6.45) is 1.77. The summed E-state index contributed by atoms with van der Waals surface area (Å²) in [6.45, 7) is 4.60. The third-order valence-corrected chi connectivity index (χ3v) is 4.48. The van der Waals surface area contributed by atoms with Gasteiger partial charge < -0.3 is 10.2 Å². The number of rotatable bonds is 2. The lowest BCUT2D eigenvalue weighted by molar-refractivity contribution is -0.120. The number of nitrogens with zero attached hydrogens (tertiary/aromatic N) is 2. The molecule has 0 radical (unpaired) electrons. The number of piperidine rings is 1. The molecule has 0 aliphatic carbocycles. The Morgan fingerprint density at radius 2 is 2.12 bits per heavy atom. The van der Waals surface area contributed by atoms with Crippen molar-refractivity contribution in [2.75, 3.05) is 13.1 Å². The molecule has 0 spiro atoms. The molecule has 5 nitrogen and oxygen atoms in total. The lowest BCUT2D eigenvalue weighted by atomic mass is 10.0. The van der Waals surface area contributed by atoms with Crippen molar-refractivity contribution in [3.63, 3.8) is 0 Å². The number of carbonyl (C=O) groups is 2. The highest BCUT2D eigenvalue weighted by Crippen LogP contribution is 2.24. The molecule has 1 saturated heterocycles. The van der Waals surface area contributed by atoms with Gasteiger partial charge in [0.05, 0.1) is 11.1 Å². The lowest BCUT2D eigenvalue weighted by Crippen LogP contribution is -2.49. The predicted molar refractivity (Wildman–Crippen MR) is 94.2 cm³/mol. The summed E-state index contributed by atoms with van der Waals surface area (Å²) in [6, 6.07) is 7.21. The van der Waals surface area contributed by atoms with E-state index in [9.17, 15) is 9.59 Å². The van der Waals surface area contributed by atoms with Crippen LogP contribution in [-0.4, -0.2) is 40.8 Å². The van der Waals surface area contributed by atoms with Crippen LogP contribution in [0, 0.1) is 6.92 Å². The number of benzene rings is 1. The van der Waals surface area contributed by atoms with Gasteiger partial charge in [0.25, 0.3) is 5.91 Å². The number of pyridine rings is 1. The molecule has 0 unspecified atom stereocenters. The van der Waals surface area contributed by atoms with Crippen LogP contribution in [0.15, 0.2) is 24.3 Å². The van der Waals surface area contributed by atoms with Gasteiger partial charge in [-0.25, -0.2) is 0 Å². The molecular weight excluding hydrogens is 326 g/mol. The lowest BCUT2D eigenvalue weighted by Gasteiger charge is -2.33. The van der Waals surface area contributed by atoms with Gasteiger partial charge in [0.1, 0.15) is 0 Å². The largest absolute Gasteiger partial charge is 0.352 e. The molecule has 2 aromatic rings. The molecule has 1 aliphatic heterocycles. The van der Waals surface area contributed by atoms with E-state index in [0.29, 0.717) is 23.7 Å². The molecule has 1 aromatic carbocycles. The molecule has 1 fully saturated rings. The Hall–Kier alpha value is -2.14. The second kappa shape index (κ2) is 6.77. The van der Waals surface area contributed by atoms with Crippen LogP contribution >= 0.6 is 11.6 Å². The van der Waals surface area contributed by atoms with Crippen LogP contribution in [0.25, 0.3) is 10.9 Å². The zero-order valence-corrected chi connectivity index (χ0v) is 14.6. The third-order valence-electron chi connectivity index (χ3n) is 4.25. The number of amides is 2. The van der Waals surface area contributed by atoms with Crippen LogP contribution in [0.5, 0.6) is 0 Å². The minimum atomic E-state index is -0.0636. The van der Waals surface area contributed by atoms with Gasteiger partial charge in [-0.05, 0) is 44.0 Å². The zero-order chi connectivity index (χ0) is 17.3. The average molecular weight is 346 g/mol. The highest BCUT2D eigenvalue weighted by atomic mass is 35.5. The molecule has 1 aliphatic rings. The van der Waals surface area contributed by atoms with E-state index in [1.165, 1.54) is 6.92 Å². The summed E-state index contributed by atoms with van der Waals surface area (Å²) in [5.74, 6) is -0.103. The van der Waals surface area contributed by atoms with Crippen LogP contribution in [0.1, 0.15) is 35.8 Å². The van der Waals surface area contributed by atoms with Gasteiger partial charge in [-0.1, -0.05) is 11.6 Å². The van der Waals surface area contributed by atoms with Crippen LogP contribution in [0.2, 0.25) is 5.02 Å². The second-order valence-electron chi connectivity index (χ2n) is 6.26. The van der Waals surface area contributed by atoms with Gasteiger partial charge in [-0.3, -0.25) is 14.6 Å². The standard InChI is InChI=1S/C18H20ClN3O2/c1-11-8-16(15-9-13(19)5-6-17(15)20-11)18(24)22-7-3-4-14(10-22)21-12(2)23/h5-6,8-9,14H,3-4,7,10H2,1-2H3,(H,21,23)/t14-/m0/s1. The fourth-order valence-electron chi connectivity index (χ4n) is 3.24. The van der Waals surface area contributed by atoms with Crippen molar-refractivity contribution in [1.82, 2.24) is 15.2 Å². The third kappa shape index (κ3) is 3.51. The molecule has 1 N–H and O–H groups in total. The summed E-state index contributed by atoms with van der Waals surface area (Å²) < 4.78 is 0.